The van der Waals surface area contributed by atoms with Crippen LogP contribution >= 0.6 is 24.0 Å². The van der Waals surface area contributed by atoms with Crippen LogP contribution in [0.5, 0.6) is 5.75 Å². The summed E-state index contributed by atoms with van der Waals surface area (Å²) < 4.78 is 12.6. The Hall–Kier alpha value is -3.29. The molecule has 7 heteroatoms. The van der Waals surface area contributed by atoms with Crippen LogP contribution in [0, 0.1) is 0 Å². The van der Waals surface area contributed by atoms with Crippen molar-refractivity contribution < 1.29 is 9.15 Å². The molecule has 182 valence electrons. The molecule has 2 fully saturated rings. The number of ether oxygens (including phenoxy) is 1. The first-order valence-electron chi connectivity index (χ1n) is 12.3. The lowest BCUT2D eigenvalue weighted by Crippen LogP contribution is -2.29. The lowest BCUT2D eigenvalue weighted by Gasteiger charge is -2.26. The highest BCUT2D eigenvalue weighted by molar-refractivity contribution is 7.99. The molecule has 0 amide bonds. The number of thiocarbonyl (C=S) groups is 1. The fraction of sp³-hybridized carbons (Fsp3) is 0.241. The molecule has 0 bridgehead atoms. The number of nitrogens with one attached hydrogen (secondary N) is 1. The largest absolute Gasteiger partial charge is 0.490 e. The summed E-state index contributed by atoms with van der Waals surface area (Å²) in [6.45, 7) is 0. The molecule has 6 rings (SSSR count). The van der Waals surface area contributed by atoms with E-state index in [9.17, 15) is 0 Å². The minimum Gasteiger partial charge on any atom is -0.490 e. The molecule has 2 aromatic carbocycles. The summed E-state index contributed by atoms with van der Waals surface area (Å²) in [7, 11) is 0. The zero-order chi connectivity index (χ0) is 24.3. The van der Waals surface area contributed by atoms with Crippen LogP contribution in [0.1, 0.15) is 49.2 Å². The van der Waals surface area contributed by atoms with Gasteiger partial charge in [-0.05, 0) is 98.6 Å². The van der Waals surface area contributed by atoms with E-state index in [1.165, 1.54) is 12.8 Å². The van der Waals surface area contributed by atoms with E-state index < -0.39 is 0 Å². The maximum absolute atomic E-state index is 6.40. The highest BCUT2D eigenvalue weighted by atomic mass is 32.2. The maximum Gasteiger partial charge on any atom is 0.174 e. The quantitative estimate of drug-likeness (QED) is 0.260. The molecule has 0 radical (unpaired) electrons. The molecule has 1 saturated heterocycles. The second-order valence-electron chi connectivity index (χ2n) is 9.09. The molecule has 0 spiro atoms. The molecule has 0 unspecified atom stereocenters. The van der Waals surface area contributed by atoms with Crippen LogP contribution in [0.25, 0.3) is 0 Å². The highest BCUT2D eigenvalue weighted by Crippen LogP contribution is 2.43. The van der Waals surface area contributed by atoms with Gasteiger partial charge in [-0.25, -0.2) is 0 Å². The molecule has 2 aromatic heterocycles. The summed E-state index contributed by atoms with van der Waals surface area (Å²) in [6, 6.07) is 28.2. The van der Waals surface area contributed by atoms with Crippen molar-refractivity contribution in [2.24, 2.45) is 0 Å². The molecule has 5 nitrogen and oxygen atoms in total. The fourth-order valence-electron chi connectivity index (χ4n) is 4.96. The van der Waals surface area contributed by atoms with Gasteiger partial charge in [-0.15, -0.1) is 0 Å². The predicted octanol–water partition coefficient (Wildman–Crippen LogP) is 7.32. The summed E-state index contributed by atoms with van der Waals surface area (Å²) in [5, 5.41) is 4.99. The van der Waals surface area contributed by atoms with E-state index in [2.05, 4.69) is 39.5 Å². The standard InChI is InChI=1S/C29H27N3O2S2/c35-29-31-27(24-12-6-7-19-30-24)28(25-17-18-26(34-25)36-23-10-2-1-3-11-23)32(29)20-13-15-22(16-14-20)33-21-8-4-5-9-21/h1-3,6-7,10-19,21,27-28H,4-5,8-9H2,(H,31,35)/t27-,28+/m0/s1. The average Bonchev–Trinajstić information content (AvgIpc) is 3.66. The van der Waals surface area contributed by atoms with Gasteiger partial charge in [0.15, 0.2) is 10.2 Å². The van der Waals surface area contributed by atoms with E-state index >= 15 is 0 Å². The number of benzene rings is 2. The van der Waals surface area contributed by atoms with Crippen molar-refractivity contribution in [1.82, 2.24) is 10.3 Å². The summed E-state index contributed by atoms with van der Waals surface area (Å²) in [4.78, 5) is 7.89. The van der Waals surface area contributed by atoms with Crippen molar-refractivity contribution in [1.29, 1.82) is 0 Å². The maximum atomic E-state index is 6.40. The van der Waals surface area contributed by atoms with E-state index in [1.54, 1.807) is 11.8 Å². The highest BCUT2D eigenvalue weighted by Gasteiger charge is 2.42. The Labute approximate surface area is 220 Å². The van der Waals surface area contributed by atoms with Crippen LogP contribution in [-0.4, -0.2) is 16.2 Å². The van der Waals surface area contributed by atoms with Gasteiger partial charge in [0.25, 0.3) is 0 Å². The van der Waals surface area contributed by atoms with Crippen molar-refractivity contribution in [3.63, 3.8) is 0 Å². The molecular weight excluding hydrogens is 486 g/mol. The van der Waals surface area contributed by atoms with Crippen LogP contribution in [-0.2, 0) is 0 Å². The number of aromatic nitrogens is 1. The van der Waals surface area contributed by atoms with Crippen LogP contribution in [0.3, 0.4) is 0 Å². The van der Waals surface area contributed by atoms with E-state index in [-0.39, 0.29) is 12.1 Å². The van der Waals surface area contributed by atoms with Gasteiger partial charge in [0, 0.05) is 16.8 Å². The van der Waals surface area contributed by atoms with Gasteiger partial charge in [-0.2, -0.15) is 0 Å². The van der Waals surface area contributed by atoms with E-state index in [4.69, 9.17) is 21.4 Å². The fourth-order valence-corrected chi connectivity index (χ4v) is 6.10. The van der Waals surface area contributed by atoms with E-state index in [0.717, 1.165) is 45.7 Å². The van der Waals surface area contributed by atoms with Gasteiger partial charge in [0.2, 0.25) is 0 Å². The van der Waals surface area contributed by atoms with Gasteiger partial charge in [0.05, 0.1) is 17.8 Å². The Morgan fingerprint density at radius 1 is 0.917 bits per heavy atom. The van der Waals surface area contributed by atoms with Crippen LogP contribution in [0.15, 0.2) is 106 Å². The first-order chi connectivity index (χ1) is 17.7. The first kappa shape index (κ1) is 23.1. The van der Waals surface area contributed by atoms with Gasteiger partial charge >= 0.3 is 0 Å². The monoisotopic (exact) mass is 513 g/mol. The Morgan fingerprint density at radius 3 is 2.44 bits per heavy atom. The van der Waals surface area contributed by atoms with Gasteiger partial charge in [-0.1, -0.05) is 36.0 Å². The SMILES string of the molecule is S=C1N[C@@H](c2ccccn2)[C@@H](c2ccc(Sc3ccccc3)o2)N1c1ccc(OC2CCCC2)cc1. The van der Waals surface area contributed by atoms with Gasteiger partial charge < -0.3 is 19.4 Å². The second-order valence-corrected chi connectivity index (χ2v) is 10.6. The number of hydrogen-bond donors (Lipinski definition) is 1. The Bertz CT molecular complexity index is 1310. The normalized spacial score (nSPS) is 20.0. The molecule has 1 N–H and O–H groups in total. The predicted molar refractivity (Wildman–Crippen MR) is 147 cm³/mol. The van der Waals surface area contributed by atoms with Crippen molar-refractivity contribution in [3.05, 3.63) is 103 Å². The average molecular weight is 514 g/mol. The smallest absolute Gasteiger partial charge is 0.174 e. The molecular formula is C29H27N3O2S2. The lowest BCUT2D eigenvalue weighted by molar-refractivity contribution is 0.210. The van der Waals surface area contributed by atoms with Crippen molar-refractivity contribution in [2.75, 3.05) is 4.90 Å². The molecule has 1 aliphatic carbocycles. The van der Waals surface area contributed by atoms with Crippen LogP contribution in [0.4, 0.5) is 5.69 Å². The molecule has 36 heavy (non-hydrogen) atoms. The second kappa shape index (κ2) is 10.4. The summed E-state index contributed by atoms with van der Waals surface area (Å²) in [6.07, 6.45) is 6.92. The molecule has 2 atom stereocenters. The third-order valence-electron chi connectivity index (χ3n) is 6.67. The lowest BCUT2D eigenvalue weighted by atomic mass is 10.0. The summed E-state index contributed by atoms with van der Waals surface area (Å²) in [5.41, 5.74) is 1.91. The Morgan fingerprint density at radius 2 is 1.69 bits per heavy atom. The number of hydrogen-bond acceptors (Lipinski definition) is 5. The van der Waals surface area contributed by atoms with Gasteiger partial charge in [0.1, 0.15) is 17.6 Å². The number of pyridine rings is 1. The van der Waals surface area contributed by atoms with Crippen LogP contribution < -0.4 is 15.0 Å². The molecule has 4 aromatic rings. The van der Waals surface area contributed by atoms with E-state index in [1.807, 2.05) is 66.9 Å². The summed E-state index contributed by atoms with van der Waals surface area (Å²) in [5.74, 6) is 1.74. The third-order valence-corrected chi connectivity index (χ3v) is 7.92. The Kier molecular flexibility index (Phi) is 6.66. The molecule has 1 aliphatic heterocycles. The van der Waals surface area contributed by atoms with E-state index in [0.29, 0.717) is 11.2 Å². The number of furan rings is 1. The summed E-state index contributed by atoms with van der Waals surface area (Å²) >= 11 is 7.45. The zero-order valence-electron chi connectivity index (χ0n) is 19.7. The number of anilines is 1. The minimum atomic E-state index is -0.181. The topological polar surface area (TPSA) is 50.5 Å². The number of nitrogens with zero attached hydrogens (tertiary/aromatic N) is 2. The Balaban J connectivity index is 1.31. The number of rotatable bonds is 7. The molecule has 2 aliphatic rings. The van der Waals surface area contributed by atoms with Gasteiger partial charge in [-0.3, -0.25) is 4.98 Å². The van der Waals surface area contributed by atoms with Crippen molar-refractivity contribution in [2.45, 2.75) is 53.9 Å². The van der Waals surface area contributed by atoms with Crippen molar-refractivity contribution >= 4 is 34.8 Å². The van der Waals surface area contributed by atoms with Crippen molar-refractivity contribution in [3.8, 4) is 5.75 Å². The van der Waals surface area contributed by atoms with Crippen LogP contribution in [0.2, 0.25) is 0 Å². The molecule has 1 saturated carbocycles. The zero-order valence-corrected chi connectivity index (χ0v) is 21.4. The molecule has 3 heterocycles. The third kappa shape index (κ3) is 4.86. The minimum absolute atomic E-state index is 0.145. The first-order valence-corrected chi connectivity index (χ1v) is 13.6.